The summed E-state index contributed by atoms with van der Waals surface area (Å²) in [5.41, 5.74) is 1.02. The number of hydrogen-bond donors (Lipinski definition) is 0. The first kappa shape index (κ1) is 17.8. The minimum Gasteiger partial charge on any atom is -0.445 e. The molecule has 1 heterocycles. The molecule has 1 amide bonds. The fraction of sp³-hybridized carbons (Fsp3) is 0.632. The van der Waals surface area contributed by atoms with E-state index in [9.17, 15) is 4.79 Å². The number of rotatable bonds is 7. The average Bonchev–Trinajstić information content (AvgIpc) is 3.10. The predicted molar refractivity (Wildman–Crippen MR) is 93.3 cm³/mol. The highest BCUT2D eigenvalue weighted by Crippen LogP contribution is 2.19. The van der Waals surface area contributed by atoms with E-state index in [1.54, 1.807) is 4.90 Å². The van der Waals surface area contributed by atoms with Crippen LogP contribution in [-0.2, 0) is 11.3 Å². The third-order valence-corrected chi connectivity index (χ3v) is 4.94. The first-order valence-electron chi connectivity index (χ1n) is 8.77. The van der Waals surface area contributed by atoms with Crippen molar-refractivity contribution in [3.63, 3.8) is 0 Å². The van der Waals surface area contributed by atoms with Crippen molar-refractivity contribution < 1.29 is 9.53 Å². The molecule has 0 N–H and O–H groups in total. The topological polar surface area (TPSA) is 32.8 Å². The van der Waals surface area contributed by atoms with E-state index < -0.39 is 0 Å². The number of benzene rings is 1. The molecule has 128 valence electrons. The van der Waals surface area contributed by atoms with Crippen molar-refractivity contribution >= 4 is 6.09 Å². The Hall–Kier alpha value is -1.55. The molecule has 0 saturated carbocycles. The second-order valence-corrected chi connectivity index (χ2v) is 6.61. The molecule has 2 rings (SSSR count). The average molecular weight is 318 g/mol. The highest BCUT2D eigenvalue weighted by Gasteiger charge is 2.28. The van der Waals surface area contributed by atoms with Gasteiger partial charge in [0.15, 0.2) is 0 Å². The van der Waals surface area contributed by atoms with Gasteiger partial charge in [-0.2, -0.15) is 0 Å². The fourth-order valence-electron chi connectivity index (χ4n) is 3.14. The minimum absolute atomic E-state index is 0.210. The summed E-state index contributed by atoms with van der Waals surface area (Å²) in [5, 5.41) is 0. The lowest BCUT2D eigenvalue weighted by atomic mass is 9.97. The number of amides is 1. The maximum Gasteiger partial charge on any atom is 0.410 e. The zero-order chi connectivity index (χ0) is 16.7. The van der Waals surface area contributed by atoms with E-state index in [0.29, 0.717) is 12.5 Å². The Morgan fingerprint density at radius 3 is 2.52 bits per heavy atom. The molecule has 4 nitrogen and oxygen atoms in total. The molecule has 0 aromatic heterocycles. The van der Waals surface area contributed by atoms with Crippen LogP contribution >= 0.6 is 0 Å². The SMILES string of the molecule is CCC(C)C(CN1CCCC1)N(C)C(=O)OCc1ccccc1. The summed E-state index contributed by atoms with van der Waals surface area (Å²) in [4.78, 5) is 16.7. The van der Waals surface area contributed by atoms with Crippen LogP contribution in [0.4, 0.5) is 4.79 Å². The minimum atomic E-state index is -0.224. The summed E-state index contributed by atoms with van der Waals surface area (Å²) in [6, 6.07) is 10.0. The maximum absolute atomic E-state index is 12.4. The van der Waals surface area contributed by atoms with Crippen LogP contribution in [0.15, 0.2) is 30.3 Å². The van der Waals surface area contributed by atoms with Gasteiger partial charge in [-0.15, -0.1) is 0 Å². The number of nitrogens with zero attached hydrogens (tertiary/aromatic N) is 2. The van der Waals surface area contributed by atoms with Crippen LogP contribution in [0.2, 0.25) is 0 Å². The van der Waals surface area contributed by atoms with Crippen LogP contribution in [0.25, 0.3) is 0 Å². The van der Waals surface area contributed by atoms with Gasteiger partial charge in [0, 0.05) is 19.6 Å². The van der Waals surface area contributed by atoms with Crippen molar-refractivity contribution in [3.8, 4) is 0 Å². The third kappa shape index (κ3) is 5.24. The highest BCUT2D eigenvalue weighted by molar-refractivity contribution is 5.67. The van der Waals surface area contributed by atoms with Crippen LogP contribution in [0.5, 0.6) is 0 Å². The van der Waals surface area contributed by atoms with Gasteiger partial charge in [-0.05, 0) is 37.4 Å². The lowest BCUT2D eigenvalue weighted by molar-refractivity contribution is 0.0700. The lowest BCUT2D eigenvalue weighted by Crippen LogP contribution is -2.47. The Morgan fingerprint density at radius 2 is 1.91 bits per heavy atom. The van der Waals surface area contributed by atoms with Gasteiger partial charge in [-0.25, -0.2) is 4.79 Å². The van der Waals surface area contributed by atoms with Crippen LogP contribution in [0.3, 0.4) is 0 Å². The standard InChI is InChI=1S/C19H30N2O2/c1-4-16(2)18(14-21-12-8-9-13-21)20(3)19(22)23-15-17-10-6-5-7-11-17/h5-7,10-11,16,18H,4,8-9,12-15H2,1-3H3. The largest absolute Gasteiger partial charge is 0.445 e. The van der Waals surface area contributed by atoms with Gasteiger partial charge in [0.05, 0.1) is 0 Å². The zero-order valence-corrected chi connectivity index (χ0v) is 14.7. The number of carbonyl (C=O) groups is 1. The number of likely N-dealkylation sites (tertiary alicyclic amines) is 1. The van der Waals surface area contributed by atoms with E-state index in [1.807, 2.05) is 37.4 Å². The van der Waals surface area contributed by atoms with Gasteiger partial charge in [0.2, 0.25) is 0 Å². The van der Waals surface area contributed by atoms with Gasteiger partial charge in [-0.1, -0.05) is 50.6 Å². The molecular weight excluding hydrogens is 288 g/mol. The molecule has 1 aromatic carbocycles. The van der Waals surface area contributed by atoms with Crippen molar-refractivity contribution in [2.24, 2.45) is 5.92 Å². The van der Waals surface area contributed by atoms with Crippen LogP contribution in [0.1, 0.15) is 38.7 Å². The van der Waals surface area contributed by atoms with Crippen molar-refractivity contribution in [1.29, 1.82) is 0 Å². The van der Waals surface area contributed by atoms with Gasteiger partial charge in [-0.3, -0.25) is 0 Å². The van der Waals surface area contributed by atoms with Crippen molar-refractivity contribution in [2.45, 2.75) is 45.8 Å². The molecule has 1 fully saturated rings. The van der Waals surface area contributed by atoms with Crippen molar-refractivity contribution in [1.82, 2.24) is 9.80 Å². The number of ether oxygens (including phenoxy) is 1. The second-order valence-electron chi connectivity index (χ2n) is 6.61. The molecule has 0 spiro atoms. The molecule has 0 radical (unpaired) electrons. The molecular formula is C19H30N2O2. The Kier molecular flexibility index (Phi) is 6.90. The Balaban J connectivity index is 1.91. The molecule has 0 bridgehead atoms. The molecule has 1 aromatic rings. The molecule has 1 aliphatic rings. The summed E-state index contributed by atoms with van der Waals surface area (Å²) in [6.07, 6.45) is 3.39. The third-order valence-electron chi connectivity index (χ3n) is 4.94. The van der Waals surface area contributed by atoms with Crippen molar-refractivity contribution in [3.05, 3.63) is 35.9 Å². The molecule has 1 aliphatic heterocycles. The fourth-order valence-corrected chi connectivity index (χ4v) is 3.14. The molecule has 4 heteroatoms. The number of carbonyl (C=O) groups excluding carboxylic acids is 1. The van der Waals surface area contributed by atoms with Crippen LogP contribution < -0.4 is 0 Å². The summed E-state index contributed by atoms with van der Waals surface area (Å²) >= 11 is 0. The van der Waals surface area contributed by atoms with Gasteiger partial charge in [0.25, 0.3) is 0 Å². The van der Waals surface area contributed by atoms with Gasteiger partial charge >= 0.3 is 6.09 Å². The normalized spacial score (nSPS) is 17.7. The smallest absolute Gasteiger partial charge is 0.410 e. The van der Waals surface area contributed by atoms with Crippen LogP contribution in [-0.4, -0.2) is 48.6 Å². The first-order chi connectivity index (χ1) is 11.1. The van der Waals surface area contributed by atoms with E-state index in [0.717, 1.165) is 31.6 Å². The Labute approximate surface area is 140 Å². The second kappa shape index (κ2) is 8.92. The summed E-state index contributed by atoms with van der Waals surface area (Å²) in [6.45, 7) is 8.00. The van der Waals surface area contributed by atoms with E-state index in [-0.39, 0.29) is 12.1 Å². The number of likely N-dealkylation sites (N-methyl/N-ethyl adjacent to an activating group) is 1. The Bertz CT molecular complexity index is 472. The summed E-state index contributed by atoms with van der Waals surface area (Å²) in [5.74, 6) is 0.463. The van der Waals surface area contributed by atoms with E-state index in [4.69, 9.17) is 4.74 Å². The predicted octanol–water partition coefficient (Wildman–Crippen LogP) is 3.77. The Morgan fingerprint density at radius 1 is 1.26 bits per heavy atom. The summed E-state index contributed by atoms with van der Waals surface area (Å²) < 4.78 is 5.50. The highest BCUT2D eigenvalue weighted by atomic mass is 16.6. The monoisotopic (exact) mass is 318 g/mol. The maximum atomic E-state index is 12.4. The quantitative estimate of drug-likeness (QED) is 0.767. The van der Waals surface area contributed by atoms with E-state index >= 15 is 0 Å². The van der Waals surface area contributed by atoms with E-state index in [1.165, 1.54) is 12.8 Å². The zero-order valence-electron chi connectivity index (χ0n) is 14.7. The molecule has 23 heavy (non-hydrogen) atoms. The molecule has 2 unspecified atom stereocenters. The van der Waals surface area contributed by atoms with E-state index in [2.05, 4.69) is 18.7 Å². The molecule has 2 atom stereocenters. The van der Waals surface area contributed by atoms with Crippen molar-refractivity contribution in [2.75, 3.05) is 26.7 Å². The van der Waals surface area contributed by atoms with Crippen LogP contribution in [0, 0.1) is 5.92 Å². The van der Waals surface area contributed by atoms with Gasteiger partial charge in [0.1, 0.15) is 6.61 Å². The number of hydrogen-bond acceptors (Lipinski definition) is 3. The molecule has 0 aliphatic carbocycles. The van der Waals surface area contributed by atoms with Gasteiger partial charge < -0.3 is 14.5 Å². The first-order valence-corrected chi connectivity index (χ1v) is 8.77. The summed E-state index contributed by atoms with van der Waals surface area (Å²) in [7, 11) is 1.88. The lowest BCUT2D eigenvalue weighted by Gasteiger charge is -2.34. The molecule has 1 saturated heterocycles.